The fourth-order valence-corrected chi connectivity index (χ4v) is 4.91. The van der Waals surface area contributed by atoms with Gasteiger partial charge in [-0.05, 0) is 37.8 Å². The van der Waals surface area contributed by atoms with Crippen molar-refractivity contribution in [3.63, 3.8) is 0 Å². The van der Waals surface area contributed by atoms with Gasteiger partial charge < -0.3 is 5.32 Å². The zero-order valence-corrected chi connectivity index (χ0v) is 15.5. The van der Waals surface area contributed by atoms with Crippen LogP contribution in [-0.4, -0.2) is 32.2 Å². The van der Waals surface area contributed by atoms with Crippen LogP contribution in [0.4, 0.5) is 0 Å². The number of fused-ring (bicyclic) bond motifs is 1. The van der Waals surface area contributed by atoms with Gasteiger partial charge in [-0.3, -0.25) is 14.5 Å². The summed E-state index contributed by atoms with van der Waals surface area (Å²) >= 11 is 0. The Bertz CT molecular complexity index is 789. The van der Waals surface area contributed by atoms with Crippen LogP contribution in [0.1, 0.15) is 51.5 Å². The number of nitrogens with zero attached hydrogens (tertiary/aromatic N) is 1. The molecule has 3 rings (SSSR count). The highest BCUT2D eigenvalue weighted by atomic mass is 32.2. The average Bonchev–Trinajstić information content (AvgIpc) is 2.86. The third-order valence-corrected chi connectivity index (χ3v) is 6.52. The van der Waals surface area contributed by atoms with Crippen molar-refractivity contribution in [3.8, 4) is 0 Å². The molecule has 2 unspecified atom stereocenters. The normalized spacial score (nSPS) is 27.4. The van der Waals surface area contributed by atoms with Gasteiger partial charge in [0, 0.05) is 11.6 Å². The number of benzene rings is 1. The van der Waals surface area contributed by atoms with Gasteiger partial charge in [-0.15, -0.1) is 0 Å². The predicted molar refractivity (Wildman–Crippen MR) is 96.9 cm³/mol. The first-order valence-electron chi connectivity index (χ1n) is 8.92. The van der Waals surface area contributed by atoms with Crippen molar-refractivity contribution in [2.45, 2.75) is 62.9 Å². The summed E-state index contributed by atoms with van der Waals surface area (Å²) in [7, 11) is -3.58. The molecule has 0 spiro atoms. The van der Waals surface area contributed by atoms with Crippen molar-refractivity contribution in [3.05, 3.63) is 29.8 Å². The Morgan fingerprint density at radius 3 is 2.80 bits per heavy atom. The van der Waals surface area contributed by atoms with Crippen LogP contribution in [0, 0.1) is 5.92 Å². The lowest BCUT2D eigenvalue weighted by atomic mass is 9.83. The zero-order chi connectivity index (χ0) is 18.0. The standard InChI is InChI=1S/C18H25N3O3S/c1-3-13-8-4-6-10-15(13)20-18(22)12(2)19-17-14-9-5-7-11-16(14)25(23,24)21-17/h5,7,9,11-13,15H,3-4,6,8,10H2,1-2H3,(H,19,21)(H,20,22)/t12-,13?,15?/m0/s1. The number of amidine groups is 1. The number of nitrogens with one attached hydrogen (secondary N) is 2. The third-order valence-electron chi connectivity index (χ3n) is 5.13. The van der Waals surface area contributed by atoms with Gasteiger partial charge in [-0.1, -0.05) is 38.3 Å². The van der Waals surface area contributed by atoms with E-state index >= 15 is 0 Å². The minimum atomic E-state index is -3.58. The topological polar surface area (TPSA) is 87.6 Å². The molecule has 1 amide bonds. The van der Waals surface area contributed by atoms with E-state index in [1.165, 1.54) is 6.42 Å². The minimum Gasteiger partial charge on any atom is -0.351 e. The maximum Gasteiger partial charge on any atom is 0.263 e. The SMILES string of the molecule is CCC1CCCCC1NC(=O)[C@H](C)N=C1NS(=O)(=O)c2ccccc21. The van der Waals surface area contributed by atoms with E-state index in [0.29, 0.717) is 11.5 Å². The lowest BCUT2D eigenvalue weighted by molar-refractivity contribution is -0.123. The Hall–Kier alpha value is -1.89. The van der Waals surface area contributed by atoms with Gasteiger partial charge in [-0.25, -0.2) is 8.42 Å². The van der Waals surface area contributed by atoms with E-state index in [4.69, 9.17) is 0 Å². The molecular weight excluding hydrogens is 338 g/mol. The van der Waals surface area contributed by atoms with E-state index in [2.05, 4.69) is 22.0 Å². The van der Waals surface area contributed by atoms with Gasteiger partial charge in [0.2, 0.25) is 5.91 Å². The van der Waals surface area contributed by atoms with Crippen molar-refractivity contribution in [2.24, 2.45) is 10.9 Å². The molecule has 25 heavy (non-hydrogen) atoms. The number of rotatable bonds is 4. The van der Waals surface area contributed by atoms with E-state index in [1.807, 2.05) is 0 Å². The smallest absolute Gasteiger partial charge is 0.263 e. The number of hydrogen-bond donors (Lipinski definition) is 2. The lowest BCUT2D eigenvalue weighted by Crippen LogP contribution is -2.45. The molecule has 6 nitrogen and oxygen atoms in total. The van der Waals surface area contributed by atoms with Crippen LogP contribution in [0.25, 0.3) is 0 Å². The molecule has 1 fully saturated rings. The predicted octanol–water partition coefficient (Wildman–Crippen LogP) is 2.20. The Balaban J connectivity index is 1.74. The van der Waals surface area contributed by atoms with Crippen LogP contribution < -0.4 is 10.0 Å². The average molecular weight is 363 g/mol. The summed E-state index contributed by atoms with van der Waals surface area (Å²) in [5.41, 5.74) is 0.520. The molecule has 0 saturated heterocycles. The molecule has 0 aromatic heterocycles. The molecule has 1 aliphatic heterocycles. The quantitative estimate of drug-likeness (QED) is 0.860. The second-order valence-electron chi connectivity index (χ2n) is 6.82. The number of aliphatic imine (C=N–C) groups is 1. The van der Waals surface area contributed by atoms with Gasteiger partial charge in [0.1, 0.15) is 11.9 Å². The number of sulfonamides is 1. The van der Waals surface area contributed by atoms with Crippen LogP contribution in [0.2, 0.25) is 0 Å². The van der Waals surface area contributed by atoms with Crippen LogP contribution in [-0.2, 0) is 14.8 Å². The molecule has 2 N–H and O–H groups in total. The maximum atomic E-state index is 12.5. The maximum absolute atomic E-state index is 12.5. The van der Waals surface area contributed by atoms with Crippen LogP contribution in [0.3, 0.4) is 0 Å². The Labute approximate surface area is 149 Å². The molecule has 1 aromatic carbocycles. The molecule has 3 atom stereocenters. The van der Waals surface area contributed by atoms with Crippen molar-refractivity contribution in [2.75, 3.05) is 0 Å². The van der Waals surface area contributed by atoms with Crippen molar-refractivity contribution >= 4 is 21.8 Å². The van der Waals surface area contributed by atoms with E-state index in [1.54, 1.807) is 31.2 Å². The summed E-state index contributed by atoms with van der Waals surface area (Å²) in [6.45, 7) is 3.85. The minimum absolute atomic E-state index is 0.151. The second kappa shape index (κ2) is 7.15. The number of carbonyl (C=O) groups is 1. The second-order valence-corrected chi connectivity index (χ2v) is 8.47. The molecule has 0 bridgehead atoms. The molecule has 7 heteroatoms. The molecule has 136 valence electrons. The number of carbonyl (C=O) groups excluding carboxylic acids is 1. The number of amides is 1. The van der Waals surface area contributed by atoms with Crippen molar-refractivity contribution in [1.29, 1.82) is 0 Å². The lowest BCUT2D eigenvalue weighted by Gasteiger charge is -2.32. The van der Waals surface area contributed by atoms with E-state index in [0.717, 1.165) is 25.7 Å². The van der Waals surface area contributed by atoms with Crippen LogP contribution in [0.15, 0.2) is 34.2 Å². The van der Waals surface area contributed by atoms with Gasteiger partial charge in [0.25, 0.3) is 10.0 Å². The monoisotopic (exact) mass is 363 g/mol. The van der Waals surface area contributed by atoms with E-state index in [-0.39, 0.29) is 22.7 Å². The summed E-state index contributed by atoms with van der Waals surface area (Å²) < 4.78 is 26.7. The number of hydrogen-bond acceptors (Lipinski definition) is 4. The van der Waals surface area contributed by atoms with Crippen molar-refractivity contribution in [1.82, 2.24) is 10.0 Å². The van der Waals surface area contributed by atoms with Gasteiger partial charge in [0.05, 0.1) is 4.90 Å². The van der Waals surface area contributed by atoms with E-state index in [9.17, 15) is 13.2 Å². The van der Waals surface area contributed by atoms with Crippen molar-refractivity contribution < 1.29 is 13.2 Å². The first-order valence-corrected chi connectivity index (χ1v) is 10.4. The summed E-state index contributed by atoms with van der Waals surface area (Å²) in [5, 5.41) is 3.12. The Kier molecular flexibility index (Phi) is 5.13. The van der Waals surface area contributed by atoms with Gasteiger partial charge in [-0.2, -0.15) is 0 Å². The van der Waals surface area contributed by atoms with Gasteiger partial charge >= 0.3 is 0 Å². The highest BCUT2D eigenvalue weighted by molar-refractivity contribution is 7.90. The zero-order valence-electron chi connectivity index (χ0n) is 14.7. The highest BCUT2D eigenvalue weighted by Crippen LogP contribution is 2.27. The van der Waals surface area contributed by atoms with E-state index < -0.39 is 16.1 Å². The first kappa shape index (κ1) is 17.9. The summed E-state index contributed by atoms with van der Waals surface area (Å²) in [6.07, 6.45) is 5.57. The Morgan fingerprint density at radius 1 is 1.32 bits per heavy atom. The fourth-order valence-electron chi connectivity index (χ4n) is 3.67. The fraction of sp³-hybridized carbons (Fsp3) is 0.556. The molecule has 1 saturated carbocycles. The Morgan fingerprint density at radius 2 is 2.04 bits per heavy atom. The summed E-state index contributed by atoms with van der Waals surface area (Å²) in [6, 6.07) is 6.22. The molecule has 1 heterocycles. The highest BCUT2D eigenvalue weighted by Gasteiger charge is 2.32. The molecular formula is C18H25N3O3S. The molecule has 1 aliphatic carbocycles. The third kappa shape index (κ3) is 3.71. The van der Waals surface area contributed by atoms with Crippen LogP contribution >= 0.6 is 0 Å². The van der Waals surface area contributed by atoms with Crippen LogP contribution in [0.5, 0.6) is 0 Å². The largest absolute Gasteiger partial charge is 0.351 e. The first-order chi connectivity index (χ1) is 11.9. The summed E-state index contributed by atoms with van der Waals surface area (Å²) in [4.78, 5) is 17.1. The summed E-state index contributed by atoms with van der Waals surface area (Å²) in [5.74, 6) is 0.610. The molecule has 1 aromatic rings. The van der Waals surface area contributed by atoms with Gasteiger partial charge in [0.15, 0.2) is 0 Å². The molecule has 0 radical (unpaired) electrons. The molecule has 2 aliphatic rings.